The lowest BCUT2D eigenvalue weighted by molar-refractivity contribution is -0.0512. The van der Waals surface area contributed by atoms with Crippen molar-refractivity contribution in [3.63, 3.8) is 0 Å². The van der Waals surface area contributed by atoms with Gasteiger partial charge in [-0.05, 0) is 41.8 Å². The van der Waals surface area contributed by atoms with Crippen LogP contribution in [0.5, 0.6) is 11.5 Å². The van der Waals surface area contributed by atoms with Gasteiger partial charge in [0, 0.05) is 6.54 Å². The molecule has 1 N–H and O–H groups in total. The molecule has 2 rings (SSSR count). The lowest BCUT2D eigenvalue weighted by Crippen LogP contribution is -2.23. The van der Waals surface area contributed by atoms with Gasteiger partial charge in [0.1, 0.15) is 0 Å². The van der Waals surface area contributed by atoms with Crippen molar-refractivity contribution in [1.29, 1.82) is 0 Å². The van der Waals surface area contributed by atoms with E-state index in [0.717, 1.165) is 12.0 Å². The average molecular weight is 371 g/mol. The third kappa shape index (κ3) is 5.14. The van der Waals surface area contributed by atoms with Gasteiger partial charge in [0.15, 0.2) is 11.5 Å². The van der Waals surface area contributed by atoms with E-state index in [9.17, 15) is 17.2 Å². The van der Waals surface area contributed by atoms with Crippen LogP contribution >= 0.6 is 0 Å². The zero-order valence-electron chi connectivity index (χ0n) is 13.8. The van der Waals surface area contributed by atoms with Gasteiger partial charge in [-0.25, -0.2) is 13.1 Å². The first-order valence-electron chi connectivity index (χ1n) is 7.56. The lowest BCUT2D eigenvalue weighted by Gasteiger charge is -2.12. The number of nitrogens with one attached hydrogen (secondary N) is 1. The molecular weight excluding hydrogens is 352 g/mol. The van der Waals surface area contributed by atoms with Crippen LogP contribution in [0, 0.1) is 0 Å². The number of halogens is 2. The summed E-state index contributed by atoms with van der Waals surface area (Å²) >= 11 is 0. The van der Waals surface area contributed by atoms with Crippen LogP contribution in [-0.4, -0.2) is 22.1 Å². The number of hydrogen-bond acceptors (Lipinski definition) is 4. The van der Waals surface area contributed by atoms with Gasteiger partial charge in [-0.2, -0.15) is 8.78 Å². The SMILES string of the molecule is CCc1ccc(S(=O)(=O)NCc2ccc(OC(F)F)c(OC)c2)cc1. The van der Waals surface area contributed by atoms with Gasteiger partial charge in [-0.15, -0.1) is 0 Å². The molecule has 0 aliphatic carbocycles. The van der Waals surface area contributed by atoms with E-state index in [4.69, 9.17) is 4.74 Å². The molecule has 0 radical (unpaired) electrons. The molecule has 136 valence electrons. The number of aryl methyl sites for hydroxylation is 1. The molecule has 0 aliphatic rings. The van der Waals surface area contributed by atoms with Gasteiger partial charge in [-0.3, -0.25) is 0 Å². The zero-order chi connectivity index (χ0) is 18.4. The molecule has 2 aromatic rings. The highest BCUT2D eigenvalue weighted by Gasteiger charge is 2.15. The fourth-order valence-electron chi connectivity index (χ4n) is 2.18. The molecule has 0 saturated carbocycles. The normalized spacial score (nSPS) is 11.6. The Kier molecular flexibility index (Phi) is 6.33. The molecule has 0 spiro atoms. The van der Waals surface area contributed by atoms with Crippen molar-refractivity contribution in [2.24, 2.45) is 0 Å². The Hall–Kier alpha value is -2.19. The minimum atomic E-state index is -3.67. The number of hydrogen-bond donors (Lipinski definition) is 1. The number of alkyl halides is 2. The van der Waals surface area contributed by atoms with E-state index >= 15 is 0 Å². The first-order valence-corrected chi connectivity index (χ1v) is 9.04. The van der Waals surface area contributed by atoms with Gasteiger partial charge in [-0.1, -0.05) is 25.1 Å². The summed E-state index contributed by atoms with van der Waals surface area (Å²) in [5.74, 6) is -0.0106. The van der Waals surface area contributed by atoms with E-state index < -0.39 is 16.6 Å². The van der Waals surface area contributed by atoms with Gasteiger partial charge in [0.2, 0.25) is 10.0 Å². The Bertz CT molecular complexity index is 808. The number of benzene rings is 2. The predicted octanol–water partition coefficient (Wildman–Crippen LogP) is 3.34. The summed E-state index contributed by atoms with van der Waals surface area (Å²) in [5.41, 5.74) is 1.59. The summed E-state index contributed by atoms with van der Waals surface area (Å²) in [6, 6.07) is 10.8. The molecule has 0 aliphatic heterocycles. The molecule has 0 fully saturated rings. The monoisotopic (exact) mass is 371 g/mol. The maximum atomic E-state index is 12.3. The molecule has 0 aromatic heterocycles. The Labute approximate surface area is 145 Å². The molecule has 8 heteroatoms. The maximum absolute atomic E-state index is 12.3. The second kappa shape index (κ2) is 8.26. The topological polar surface area (TPSA) is 64.6 Å². The van der Waals surface area contributed by atoms with Gasteiger partial charge < -0.3 is 9.47 Å². The van der Waals surface area contributed by atoms with Crippen molar-refractivity contribution in [3.05, 3.63) is 53.6 Å². The van der Waals surface area contributed by atoms with E-state index in [0.29, 0.717) is 5.56 Å². The molecule has 0 atom stereocenters. The van der Waals surface area contributed by atoms with Gasteiger partial charge in [0.25, 0.3) is 0 Å². The molecule has 0 bridgehead atoms. The predicted molar refractivity (Wildman–Crippen MR) is 89.5 cm³/mol. The summed E-state index contributed by atoms with van der Waals surface area (Å²) in [7, 11) is -2.36. The second-order valence-corrected chi connectivity index (χ2v) is 6.95. The zero-order valence-corrected chi connectivity index (χ0v) is 14.6. The average Bonchev–Trinajstić information content (AvgIpc) is 2.60. The molecule has 0 heterocycles. The van der Waals surface area contributed by atoms with Crippen molar-refractivity contribution in [3.8, 4) is 11.5 Å². The van der Waals surface area contributed by atoms with Crippen LogP contribution in [0.4, 0.5) is 8.78 Å². The third-order valence-corrected chi connectivity index (χ3v) is 4.97. The quantitative estimate of drug-likeness (QED) is 0.773. The van der Waals surface area contributed by atoms with E-state index in [1.807, 2.05) is 6.92 Å². The first-order chi connectivity index (χ1) is 11.9. The lowest BCUT2D eigenvalue weighted by atomic mass is 10.2. The third-order valence-electron chi connectivity index (χ3n) is 3.55. The number of rotatable bonds is 8. The maximum Gasteiger partial charge on any atom is 0.387 e. The van der Waals surface area contributed by atoms with Crippen molar-refractivity contribution in [2.45, 2.75) is 31.4 Å². The molecule has 25 heavy (non-hydrogen) atoms. The second-order valence-electron chi connectivity index (χ2n) is 5.19. The van der Waals surface area contributed by atoms with Crippen LogP contribution in [0.2, 0.25) is 0 Å². The number of ether oxygens (including phenoxy) is 2. The van der Waals surface area contributed by atoms with Gasteiger partial charge >= 0.3 is 6.61 Å². The molecule has 0 amide bonds. The summed E-state index contributed by atoms with van der Waals surface area (Å²) in [5, 5.41) is 0. The minimum absolute atomic E-state index is 0.0107. The van der Waals surface area contributed by atoms with E-state index in [-0.39, 0.29) is 22.9 Å². The van der Waals surface area contributed by atoms with Gasteiger partial charge in [0.05, 0.1) is 12.0 Å². The van der Waals surface area contributed by atoms with Crippen LogP contribution in [0.3, 0.4) is 0 Å². The molecule has 0 unspecified atom stereocenters. The largest absolute Gasteiger partial charge is 0.493 e. The Morgan fingerprint density at radius 1 is 1.04 bits per heavy atom. The van der Waals surface area contributed by atoms with Crippen molar-refractivity contribution < 1.29 is 26.7 Å². The van der Waals surface area contributed by atoms with Crippen LogP contribution in [-0.2, 0) is 23.0 Å². The molecule has 0 saturated heterocycles. The van der Waals surface area contributed by atoms with Crippen LogP contribution in [0.25, 0.3) is 0 Å². The van der Waals surface area contributed by atoms with Crippen LogP contribution < -0.4 is 14.2 Å². The first kappa shape index (κ1) is 19.1. The number of methoxy groups -OCH3 is 1. The van der Waals surface area contributed by atoms with Crippen molar-refractivity contribution >= 4 is 10.0 Å². The van der Waals surface area contributed by atoms with E-state index in [1.165, 1.54) is 25.3 Å². The molecule has 2 aromatic carbocycles. The fraction of sp³-hybridized carbons (Fsp3) is 0.294. The fourth-order valence-corrected chi connectivity index (χ4v) is 3.20. The smallest absolute Gasteiger partial charge is 0.387 e. The Balaban J connectivity index is 2.11. The molecule has 5 nitrogen and oxygen atoms in total. The van der Waals surface area contributed by atoms with E-state index in [2.05, 4.69) is 9.46 Å². The van der Waals surface area contributed by atoms with Crippen LogP contribution in [0.1, 0.15) is 18.1 Å². The number of sulfonamides is 1. The summed E-state index contributed by atoms with van der Waals surface area (Å²) < 4.78 is 61.0. The highest BCUT2D eigenvalue weighted by atomic mass is 32.2. The summed E-state index contributed by atoms with van der Waals surface area (Å²) in [4.78, 5) is 0.161. The molecular formula is C17H19F2NO4S. The Morgan fingerprint density at radius 3 is 2.24 bits per heavy atom. The minimum Gasteiger partial charge on any atom is -0.493 e. The highest BCUT2D eigenvalue weighted by molar-refractivity contribution is 7.89. The standard InChI is InChI=1S/C17H19F2NO4S/c1-3-12-4-7-14(8-5-12)25(21,22)20-11-13-6-9-15(24-17(18)19)16(10-13)23-2/h4-10,17,20H,3,11H2,1-2H3. The van der Waals surface area contributed by atoms with Crippen LogP contribution in [0.15, 0.2) is 47.4 Å². The summed E-state index contributed by atoms with van der Waals surface area (Å²) in [6.07, 6.45) is 0.820. The highest BCUT2D eigenvalue weighted by Crippen LogP contribution is 2.29. The van der Waals surface area contributed by atoms with Crippen molar-refractivity contribution in [1.82, 2.24) is 4.72 Å². The summed E-state index contributed by atoms with van der Waals surface area (Å²) in [6.45, 7) is -0.996. The van der Waals surface area contributed by atoms with Crippen molar-refractivity contribution in [2.75, 3.05) is 7.11 Å². The Morgan fingerprint density at radius 2 is 1.68 bits per heavy atom. The van der Waals surface area contributed by atoms with E-state index in [1.54, 1.807) is 24.3 Å².